The van der Waals surface area contributed by atoms with E-state index in [1.807, 2.05) is 13.0 Å². The molecule has 0 aromatic carbocycles. The van der Waals surface area contributed by atoms with Crippen molar-refractivity contribution in [1.82, 2.24) is 0 Å². The normalized spacial score (nSPS) is 7.22. The third-order valence-corrected chi connectivity index (χ3v) is 1.01. The first-order valence-corrected chi connectivity index (χ1v) is 3.11. The first-order chi connectivity index (χ1) is 4.31. The van der Waals surface area contributed by atoms with Crippen molar-refractivity contribution >= 4 is 0 Å². The Morgan fingerprint density at radius 3 is 2.78 bits per heavy atom. The molecule has 0 radical (unpaired) electrons. The van der Waals surface area contributed by atoms with Crippen LogP contribution in [0.4, 0.5) is 0 Å². The number of hydrogen-bond donors (Lipinski definition) is 0. The van der Waals surface area contributed by atoms with Gasteiger partial charge in [-0.3, -0.25) is 0 Å². The molecular formula is C8H11N. The second kappa shape index (κ2) is 5.15. The van der Waals surface area contributed by atoms with Crippen LogP contribution < -0.4 is 0 Å². The lowest BCUT2D eigenvalue weighted by molar-refractivity contribution is 0.908. The largest absolute Gasteiger partial charge is 0.192 e. The van der Waals surface area contributed by atoms with Crippen molar-refractivity contribution in [3.63, 3.8) is 0 Å². The van der Waals surface area contributed by atoms with Crippen LogP contribution in [0.3, 0.4) is 0 Å². The minimum Gasteiger partial charge on any atom is -0.192 e. The predicted molar refractivity (Wildman–Crippen MR) is 37.8 cm³/mol. The van der Waals surface area contributed by atoms with E-state index in [1.165, 1.54) is 6.08 Å². The van der Waals surface area contributed by atoms with Gasteiger partial charge in [0.2, 0.25) is 0 Å². The Morgan fingerprint density at radius 1 is 1.67 bits per heavy atom. The second-order valence-electron chi connectivity index (χ2n) is 1.95. The van der Waals surface area contributed by atoms with E-state index in [4.69, 9.17) is 5.26 Å². The first-order valence-electron chi connectivity index (χ1n) is 3.11. The molecule has 48 valence electrons. The summed E-state index contributed by atoms with van der Waals surface area (Å²) in [5, 5.41) is 8.10. The molecule has 0 unspecified atom stereocenters. The van der Waals surface area contributed by atoms with Gasteiger partial charge in [-0.25, -0.2) is 0 Å². The number of allylic oxidation sites excluding steroid dienone is 1. The fraction of sp³-hybridized carbons (Fsp3) is 0.500. The topological polar surface area (TPSA) is 23.8 Å². The minimum atomic E-state index is 1.04. The summed E-state index contributed by atoms with van der Waals surface area (Å²) >= 11 is 0. The molecule has 0 aromatic rings. The quantitative estimate of drug-likeness (QED) is 0.406. The van der Waals surface area contributed by atoms with Gasteiger partial charge in [0.25, 0.3) is 0 Å². The molecule has 9 heavy (non-hydrogen) atoms. The molecule has 0 amide bonds. The summed E-state index contributed by atoms with van der Waals surface area (Å²) in [6.07, 6.45) is 3.56. The SMILES string of the molecule is CCCC(C)=C=CC#N. The molecule has 0 N–H and O–H groups in total. The van der Waals surface area contributed by atoms with Crippen LogP contribution in [0.25, 0.3) is 0 Å². The van der Waals surface area contributed by atoms with Gasteiger partial charge >= 0.3 is 0 Å². The van der Waals surface area contributed by atoms with Gasteiger partial charge in [-0.05, 0) is 18.9 Å². The molecule has 0 aliphatic heterocycles. The van der Waals surface area contributed by atoms with E-state index in [0.29, 0.717) is 0 Å². The Labute approximate surface area is 56.3 Å². The van der Waals surface area contributed by atoms with Gasteiger partial charge in [-0.2, -0.15) is 5.26 Å². The zero-order valence-corrected chi connectivity index (χ0v) is 5.94. The van der Waals surface area contributed by atoms with Crippen molar-refractivity contribution in [1.29, 1.82) is 5.26 Å². The summed E-state index contributed by atoms with van der Waals surface area (Å²) in [5.74, 6) is 0. The standard InChI is InChI=1S/C8H11N/c1-3-5-8(2)6-4-7-9/h4H,3,5H2,1-2H3. The van der Waals surface area contributed by atoms with Crippen LogP contribution in [0.5, 0.6) is 0 Å². The molecule has 1 nitrogen and oxygen atoms in total. The fourth-order valence-corrected chi connectivity index (χ4v) is 0.603. The Balaban J connectivity index is 3.86. The Bertz CT molecular complexity index is 165. The summed E-state index contributed by atoms with van der Waals surface area (Å²) in [4.78, 5) is 0. The summed E-state index contributed by atoms with van der Waals surface area (Å²) in [5.41, 5.74) is 4.02. The first kappa shape index (κ1) is 8.01. The van der Waals surface area contributed by atoms with E-state index in [1.54, 1.807) is 0 Å². The maximum Gasteiger partial charge on any atom is 0.0996 e. The van der Waals surface area contributed by atoms with Gasteiger partial charge in [0.05, 0.1) is 12.1 Å². The highest BCUT2D eigenvalue weighted by atomic mass is 14.2. The molecule has 0 saturated heterocycles. The molecule has 0 aromatic heterocycles. The number of hydrogen-bond acceptors (Lipinski definition) is 1. The monoisotopic (exact) mass is 121 g/mol. The third kappa shape index (κ3) is 4.87. The molecule has 0 aliphatic rings. The van der Waals surface area contributed by atoms with Crippen LogP contribution >= 0.6 is 0 Å². The zero-order chi connectivity index (χ0) is 7.11. The lowest BCUT2D eigenvalue weighted by Crippen LogP contribution is -1.69. The van der Waals surface area contributed by atoms with Gasteiger partial charge in [0.15, 0.2) is 0 Å². The van der Waals surface area contributed by atoms with E-state index in [-0.39, 0.29) is 0 Å². The molecule has 0 heterocycles. The molecule has 0 saturated carbocycles. The van der Waals surface area contributed by atoms with Crippen LogP contribution in [0.2, 0.25) is 0 Å². The molecule has 0 bridgehead atoms. The van der Waals surface area contributed by atoms with Crippen molar-refractivity contribution < 1.29 is 0 Å². The summed E-state index contributed by atoms with van der Waals surface area (Å²) in [6.45, 7) is 4.09. The average Bonchev–Trinajstić information content (AvgIpc) is 1.85. The molecule has 0 rings (SSSR count). The highest BCUT2D eigenvalue weighted by molar-refractivity contribution is 5.06. The molecule has 1 heteroatoms. The Hall–Kier alpha value is -0.990. The van der Waals surface area contributed by atoms with Gasteiger partial charge in [-0.1, -0.05) is 13.3 Å². The van der Waals surface area contributed by atoms with E-state index in [9.17, 15) is 0 Å². The van der Waals surface area contributed by atoms with Gasteiger partial charge in [0, 0.05) is 0 Å². The number of nitriles is 1. The van der Waals surface area contributed by atoms with Crippen molar-refractivity contribution in [2.24, 2.45) is 0 Å². The van der Waals surface area contributed by atoms with E-state index < -0.39 is 0 Å². The maximum atomic E-state index is 8.10. The van der Waals surface area contributed by atoms with Gasteiger partial charge in [0.1, 0.15) is 0 Å². The van der Waals surface area contributed by atoms with Crippen LogP contribution in [0, 0.1) is 11.3 Å². The number of nitrogens with zero attached hydrogens (tertiary/aromatic N) is 1. The molecule has 0 aliphatic carbocycles. The second-order valence-corrected chi connectivity index (χ2v) is 1.95. The van der Waals surface area contributed by atoms with Crippen LogP contribution in [0.15, 0.2) is 17.4 Å². The predicted octanol–water partition coefficient (Wildman–Crippen LogP) is 2.41. The van der Waals surface area contributed by atoms with Crippen molar-refractivity contribution in [3.05, 3.63) is 17.4 Å². The van der Waals surface area contributed by atoms with Crippen LogP contribution in [-0.2, 0) is 0 Å². The van der Waals surface area contributed by atoms with Crippen molar-refractivity contribution in [2.45, 2.75) is 26.7 Å². The number of rotatable bonds is 2. The molecule has 0 spiro atoms. The van der Waals surface area contributed by atoms with Crippen molar-refractivity contribution in [3.8, 4) is 6.07 Å². The highest BCUT2D eigenvalue weighted by Crippen LogP contribution is 1.99. The smallest absolute Gasteiger partial charge is 0.0996 e. The minimum absolute atomic E-state index is 1.04. The zero-order valence-electron chi connectivity index (χ0n) is 5.94. The maximum absolute atomic E-state index is 8.10. The van der Waals surface area contributed by atoms with E-state index in [0.717, 1.165) is 18.4 Å². The summed E-state index contributed by atoms with van der Waals surface area (Å²) < 4.78 is 0. The summed E-state index contributed by atoms with van der Waals surface area (Å²) in [7, 11) is 0. The van der Waals surface area contributed by atoms with E-state index >= 15 is 0 Å². The van der Waals surface area contributed by atoms with Crippen LogP contribution in [-0.4, -0.2) is 0 Å². The highest BCUT2D eigenvalue weighted by Gasteiger charge is 1.80. The van der Waals surface area contributed by atoms with Crippen molar-refractivity contribution in [2.75, 3.05) is 0 Å². The van der Waals surface area contributed by atoms with E-state index in [2.05, 4.69) is 12.7 Å². The molecule has 0 atom stereocenters. The van der Waals surface area contributed by atoms with Gasteiger partial charge in [-0.15, -0.1) is 5.73 Å². The lowest BCUT2D eigenvalue weighted by atomic mass is 10.2. The Morgan fingerprint density at radius 2 is 2.33 bits per heavy atom. The van der Waals surface area contributed by atoms with Gasteiger partial charge < -0.3 is 0 Å². The van der Waals surface area contributed by atoms with Crippen LogP contribution in [0.1, 0.15) is 26.7 Å². The fourth-order valence-electron chi connectivity index (χ4n) is 0.603. The summed E-state index contributed by atoms with van der Waals surface area (Å²) in [6, 6.07) is 1.90. The lowest BCUT2D eigenvalue weighted by Gasteiger charge is -1.87. The Kier molecular flexibility index (Phi) is 4.59. The molecule has 0 fully saturated rings. The molecular weight excluding hydrogens is 110 g/mol. The average molecular weight is 121 g/mol. The third-order valence-electron chi connectivity index (χ3n) is 1.01.